The Bertz CT molecular complexity index is 767. The summed E-state index contributed by atoms with van der Waals surface area (Å²) < 4.78 is 28.7. The van der Waals surface area contributed by atoms with Gasteiger partial charge in [-0.1, -0.05) is 11.6 Å². The van der Waals surface area contributed by atoms with Crippen LogP contribution in [0.1, 0.15) is 10.4 Å². The van der Waals surface area contributed by atoms with Crippen molar-refractivity contribution in [2.75, 3.05) is 19.1 Å². The number of hydrogen-bond acceptors (Lipinski definition) is 5. The van der Waals surface area contributed by atoms with Gasteiger partial charge in [-0.05, 0) is 12.1 Å². The third-order valence-electron chi connectivity index (χ3n) is 2.84. The van der Waals surface area contributed by atoms with Gasteiger partial charge < -0.3 is 9.30 Å². The second kappa shape index (κ2) is 5.41. The smallest absolute Gasteiger partial charge is 0.338 e. The molecule has 0 saturated heterocycles. The van der Waals surface area contributed by atoms with Crippen LogP contribution in [0.25, 0.3) is 11.0 Å². The van der Waals surface area contributed by atoms with Gasteiger partial charge in [0, 0.05) is 24.4 Å². The van der Waals surface area contributed by atoms with Crippen molar-refractivity contribution in [3.8, 4) is 0 Å². The van der Waals surface area contributed by atoms with E-state index in [1.807, 2.05) is 0 Å². The lowest BCUT2D eigenvalue weighted by atomic mass is 10.2. The number of hydrogen-bond donors (Lipinski definition) is 0. The average molecular weight is 317 g/mol. The first kappa shape index (κ1) is 14.8. The molecule has 6 nitrogen and oxygen atoms in total. The molecular weight excluding hydrogens is 304 g/mol. The van der Waals surface area contributed by atoms with E-state index in [-0.39, 0.29) is 12.3 Å². The summed E-state index contributed by atoms with van der Waals surface area (Å²) in [5.74, 6) is -0.546. The summed E-state index contributed by atoms with van der Waals surface area (Å²) in [6, 6.07) is 3.11. The Balaban J connectivity index is 2.52. The predicted octanol–water partition coefficient (Wildman–Crippen LogP) is 1.52. The van der Waals surface area contributed by atoms with Crippen LogP contribution in [-0.4, -0.2) is 43.1 Å². The molecule has 0 N–H and O–H groups in total. The van der Waals surface area contributed by atoms with Gasteiger partial charge in [-0.25, -0.2) is 18.2 Å². The molecule has 0 aliphatic rings. The molecular formula is C12H13ClN2O4S. The molecule has 0 bridgehead atoms. The number of sulfone groups is 1. The van der Waals surface area contributed by atoms with Crippen molar-refractivity contribution < 1.29 is 17.9 Å². The number of fused-ring (bicyclic) bond motifs is 1. The number of nitrogens with zero attached hydrogens (tertiary/aromatic N) is 2. The Morgan fingerprint density at radius 2 is 2.20 bits per heavy atom. The fraction of sp³-hybridized carbons (Fsp3) is 0.333. The molecule has 0 aliphatic heterocycles. The Labute approximate surface area is 121 Å². The maximum atomic E-state index is 11.7. The Hall–Kier alpha value is -1.60. The number of pyridine rings is 1. The van der Waals surface area contributed by atoms with E-state index in [1.54, 1.807) is 10.6 Å². The maximum Gasteiger partial charge on any atom is 0.338 e. The average Bonchev–Trinajstić information content (AvgIpc) is 2.70. The molecule has 2 aromatic rings. The van der Waals surface area contributed by atoms with E-state index in [9.17, 15) is 13.2 Å². The zero-order valence-electron chi connectivity index (χ0n) is 11.0. The molecule has 2 heterocycles. The van der Waals surface area contributed by atoms with Crippen LogP contribution in [-0.2, 0) is 21.1 Å². The van der Waals surface area contributed by atoms with Crippen LogP contribution < -0.4 is 0 Å². The van der Waals surface area contributed by atoms with Gasteiger partial charge in [0.25, 0.3) is 0 Å². The number of methoxy groups -OCH3 is 1. The molecule has 0 fully saturated rings. The Kier molecular flexibility index (Phi) is 4.01. The van der Waals surface area contributed by atoms with E-state index in [2.05, 4.69) is 4.98 Å². The van der Waals surface area contributed by atoms with Crippen molar-refractivity contribution in [1.82, 2.24) is 9.55 Å². The fourth-order valence-electron chi connectivity index (χ4n) is 1.88. The second-order valence-electron chi connectivity index (χ2n) is 4.34. The van der Waals surface area contributed by atoms with E-state index in [0.717, 1.165) is 6.26 Å². The van der Waals surface area contributed by atoms with Crippen LogP contribution in [0.3, 0.4) is 0 Å². The molecule has 0 atom stereocenters. The maximum absolute atomic E-state index is 11.7. The number of ether oxygens (including phenoxy) is 1. The molecule has 2 aromatic heterocycles. The minimum atomic E-state index is -3.12. The number of rotatable bonds is 4. The third-order valence-corrected chi connectivity index (χ3v) is 4.07. The van der Waals surface area contributed by atoms with Crippen molar-refractivity contribution in [1.29, 1.82) is 0 Å². The van der Waals surface area contributed by atoms with E-state index < -0.39 is 15.8 Å². The Morgan fingerprint density at radius 3 is 2.80 bits per heavy atom. The first-order chi connectivity index (χ1) is 9.33. The second-order valence-corrected chi connectivity index (χ2v) is 6.98. The molecule has 0 radical (unpaired) electrons. The van der Waals surface area contributed by atoms with Crippen molar-refractivity contribution >= 4 is 38.4 Å². The van der Waals surface area contributed by atoms with Crippen LogP contribution in [0.2, 0.25) is 5.15 Å². The van der Waals surface area contributed by atoms with Crippen molar-refractivity contribution in [3.05, 3.63) is 29.0 Å². The highest BCUT2D eigenvalue weighted by Gasteiger charge is 2.17. The van der Waals surface area contributed by atoms with Crippen LogP contribution in [0.4, 0.5) is 0 Å². The number of aromatic nitrogens is 2. The molecule has 0 aromatic carbocycles. The highest BCUT2D eigenvalue weighted by Crippen LogP contribution is 2.25. The zero-order chi connectivity index (χ0) is 14.9. The van der Waals surface area contributed by atoms with Gasteiger partial charge in [0.1, 0.15) is 20.6 Å². The van der Waals surface area contributed by atoms with E-state index >= 15 is 0 Å². The molecule has 0 aliphatic carbocycles. The van der Waals surface area contributed by atoms with Gasteiger partial charge in [-0.15, -0.1) is 0 Å². The quantitative estimate of drug-likeness (QED) is 0.799. The van der Waals surface area contributed by atoms with Crippen molar-refractivity contribution in [2.45, 2.75) is 6.54 Å². The molecule has 0 spiro atoms. The number of aryl methyl sites for hydroxylation is 1. The molecule has 20 heavy (non-hydrogen) atoms. The summed E-state index contributed by atoms with van der Waals surface area (Å²) in [4.78, 5) is 15.8. The summed E-state index contributed by atoms with van der Waals surface area (Å²) in [6.45, 7) is 0.179. The van der Waals surface area contributed by atoms with Gasteiger partial charge in [0.05, 0.1) is 18.4 Å². The van der Waals surface area contributed by atoms with Gasteiger partial charge in [-0.2, -0.15) is 0 Å². The van der Waals surface area contributed by atoms with Crippen LogP contribution in [0.5, 0.6) is 0 Å². The number of esters is 1. The lowest BCUT2D eigenvalue weighted by molar-refractivity contribution is 0.0603. The summed E-state index contributed by atoms with van der Waals surface area (Å²) >= 11 is 6.09. The van der Waals surface area contributed by atoms with E-state index in [0.29, 0.717) is 21.7 Å². The predicted molar refractivity (Wildman–Crippen MR) is 75.8 cm³/mol. The third kappa shape index (κ3) is 2.94. The molecule has 8 heteroatoms. The summed E-state index contributed by atoms with van der Waals surface area (Å²) in [5, 5.41) is 0.866. The van der Waals surface area contributed by atoms with E-state index in [1.165, 1.54) is 19.4 Å². The zero-order valence-corrected chi connectivity index (χ0v) is 12.5. The lowest BCUT2D eigenvalue weighted by Crippen LogP contribution is -2.11. The normalized spacial score (nSPS) is 11.8. The first-order valence-electron chi connectivity index (χ1n) is 5.73. The minimum Gasteiger partial charge on any atom is -0.465 e. The molecule has 0 amide bonds. The minimum absolute atomic E-state index is 0.0549. The van der Waals surface area contributed by atoms with Crippen LogP contribution in [0.15, 0.2) is 18.3 Å². The van der Waals surface area contributed by atoms with Crippen molar-refractivity contribution in [3.63, 3.8) is 0 Å². The largest absolute Gasteiger partial charge is 0.465 e. The van der Waals surface area contributed by atoms with Gasteiger partial charge in [-0.3, -0.25) is 0 Å². The van der Waals surface area contributed by atoms with Crippen LogP contribution >= 0.6 is 11.6 Å². The van der Waals surface area contributed by atoms with Gasteiger partial charge >= 0.3 is 5.97 Å². The first-order valence-corrected chi connectivity index (χ1v) is 8.17. The number of halogens is 1. The highest BCUT2D eigenvalue weighted by atomic mass is 35.5. The molecule has 108 valence electrons. The Morgan fingerprint density at radius 1 is 1.50 bits per heavy atom. The lowest BCUT2D eigenvalue weighted by Gasteiger charge is -2.06. The van der Waals surface area contributed by atoms with E-state index in [4.69, 9.17) is 16.3 Å². The van der Waals surface area contributed by atoms with Gasteiger partial charge in [0.15, 0.2) is 0 Å². The molecule has 0 unspecified atom stereocenters. The summed E-state index contributed by atoms with van der Waals surface area (Å²) in [7, 11) is -1.83. The SMILES string of the molecule is COC(=O)c1ccnc2c1cc(Cl)n2CCS(C)(=O)=O. The summed E-state index contributed by atoms with van der Waals surface area (Å²) in [5.41, 5.74) is 0.805. The highest BCUT2D eigenvalue weighted by molar-refractivity contribution is 7.90. The molecule has 0 saturated carbocycles. The fourth-order valence-corrected chi connectivity index (χ4v) is 2.66. The molecule has 2 rings (SSSR count). The standard InChI is InChI=1S/C12H13ClN2O4S/c1-19-12(16)8-3-4-14-11-9(8)7-10(13)15(11)5-6-20(2,17)18/h3-4,7H,5-6H2,1-2H3. The van der Waals surface area contributed by atoms with Crippen LogP contribution in [0, 0.1) is 0 Å². The summed E-state index contributed by atoms with van der Waals surface area (Å²) in [6.07, 6.45) is 2.61. The number of carbonyl (C=O) groups is 1. The topological polar surface area (TPSA) is 78.3 Å². The van der Waals surface area contributed by atoms with Gasteiger partial charge in [0.2, 0.25) is 0 Å². The van der Waals surface area contributed by atoms with Crippen molar-refractivity contribution in [2.24, 2.45) is 0 Å². The number of carbonyl (C=O) groups excluding carboxylic acids is 1. The monoisotopic (exact) mass is 316 g/mol.